The van der Waals surface area contributed by atoms with Gasteiger partial charge in [0.05, 0.1) is 22.4 Å². The van der Waals surface area contributed by atoms with Crippen LogP contribution >= 0.6 is 0 Å². The van der Waals surface area contributed by atoms with Gasteiger partial charge in [-0.05, 0) is 44.5 Å². The van der Waals surface area contributed by atoms with Crippen LogP contribution in [-0.2, 0) is 9.84 Å². The smallest absolute Gasteiger partial charge is 0.180 e. The molecule has 5 heteroatoms. The van der Waals surface area contributed by atoms with Crippen LogP contribution in [0.2, 0.25) is 0 Å². The molecule has 0 spiro atoms. The van der Waals surface area contributed by atoms with E-state index in [2.05, 4.69) is 5.32 Å². The van der Waals surface area contributed by atoms with Gasteiger partial charge in [0.2, 0.25) is 0 Å². The largest absolute Gasteiger partial charge is 0.464 e. The first-order chi connectivity index (χ1) is 9.94. The number of sulfone groups is 1. The summed E-state index contributed by atoms with van der Waals surface area (Å²) in [6.07, 6.45) is 0.601. The van der Waals surface area contributed by atoms with Crippen LogP contribution in [0.4, 0.5) is 5.69 Å². The summed E-state index contributed by atoms with van der Waals surface area (Å²) in [5.74, 6) is 1.78. The van der Waals surface area contributed by atoms with Gasteiger partial charge in [0.25, 0.3) is 0 Å². The molecule has 0 amide bonds. The van der Waals surface area contributed by atoms with Crippen LogP contribution in [0.15, 0.2) is 45.7 Å². The summed E-state index contributed by atoms with van der Waals surface area (Å²) in [4.78, 5) is 0.349. The summed E-state index contributed by atoms with van der Waals surface area (Å²) >= 11 is 0. The average Bonchev–Trinajstić information content (AvgIpc) is 2.86. The van der Waals surface area contributed by atoms with Crippen molar-refractivity contribution in [1.29, 1.82) is 0 Å². The summed E-state index contributed by atoms with van der Waals surface area (Å²) in [7, 11) is -3.26. The standard InChI is InChI=1S/C16H21NO3S/c1-4-11-21(18,19)16-8-6-5-7-14(16)17-13(3)15-10-9-12(2)20-15/h5-10,13,17H,4,11H2,1-3H3. The quantitative estimate of drug-likeness (QED) is 0.878. The number of para-hydroxylation sites is 1. The lowest BCUT2D eigenvalue weighted by Gasteiger charge is -2.16. The van der Waals surface area contributed by atoms with Gasteiger partial charge in [-0.25, -0.2) is 8.42 Å². The van der Waals surface area contributed by atoms with Crippen LogP contribution in [0.25, 0.3) is 0 Å². The number of benzene rings is 1. The Bertz CT molecular complexity index is 704. The van der Waals surface area contributed by atoms with Gasteiger partial charge in [-0.15, -0.1) is 0 Å². The van der Waals surface area contributed by atoms with Crippen molar-refractivity contribution in [2.75, 3.05) is 11.1 Å². The number of nitrogens with one attached hydrogen (secondary N) is 1. The van der Waals surface area contributed by atoms with Crippen molar-refractivity contribution in [2.24, 2.45) is 0 Å². The van der Waals surface area contributed by atoms with Crippen LogP contribution in [0, 0.1) is 6.92 Å². The van der Waals surface area contributed by atoms with E-state index in [1.165, 1.54) is 0 Å². The lowest BCUT2D eigenvalue weighted by molar-refractivity contribution is 0.466. The number of aryl methyl sites for hydroxylation is 1. The Labute approximate surface area is 126 Å². The maximum absolute atomic E-state index is 12.3. The summed E-state index contributed by atoms with van der Waals surface area (Å²) in [6.45, 7) is 5.69. The van der Waals surface area contributed by atoms with E-state index in [4.69, 9.17) is 4.42 Å². The molecular formula is C16H21NO3S. The van der Waals surface area contributed by atoms with Gasteiger partial charge < -0.3 is 9.73 Å². The molecule has 1 atom stereocenters. The Hall–Kier alpha value is -1.75. The third-order valence-electron chi connectivity index (χ3n) is 3.25. The minimum absolute atomic E-state index is 0.100. The molecule has 0 saturated carbocycles. The zero-order valence-electron chi connectivity index (χ0n) is 12.6. The molecule has 0 aliphatic heterocycles. The van der Waals surface area contributed by atoms with Crippen molar-refractivity contribution in [3.05, 3.63) is 47.9 Å². The Morgan fingerprint density at radius 1 is 1.19 bits per heavy atom. The molecular weight excluding hydrogens is 286 g/mol. The van der Waals surface area contributed by atoms with Crippen LogP contribution in [0.1, 0.15) is 37.8 Å². The average molecular weight is 307 g/mol. The van der Waals surface area contributed by atoms with E-state index in [9.17, 15) is 8.42 Å². The number of hydrogen-bond acceptors (Lipinski definition) is 4. The molecule has 0 fully saturated rings. The lowest BCUT2D eigenvalue weighted by atomic mass is 10.2. The Morgan fingerprint density at radius 2 is 1.90 bits per heavy atom. The van der Waals surface area contributed by atoms with Crippen molar-refractivity contribution >= 4 is 15.5 Å². The van der Waals surface area contributed by atoms with Crippen molar-refractivity contribution in [3.8, 4) is 0 Å². The van der Waals surface area contributed by atoms with Crippen LogP contribution in [-0.4, -0.2) is 14.2 Å². The molecule has 1 heterocycles. The molecule has 0 saturated heterocycles. The molecule has 1 aromatic carbocycles. The minimum Gasteiger partial charge on any atom is -0.464 e. The first-order valence-electron chi connectivity index (χ1n) is 7.08. The van der Waals surface area contributed by atoms with Gasteiger partial charge in [0.1, 0.15) is 11.5 Å². The molecule has 1 aromatic heterocycles. The van der Waals surface area contributed by atoms with Gasteiger partial charge >= 0.3 is 0 Å². The molecule has 0 aliphatic rings. The lowest BCUT2D eigenvalue weighted by Crippen LogP contribution is -2.12. The number of hydrogen-bond donors (Lipinski definition) is 1. The highest BCUT2D eigenvalue weighted by molar-refractivity contribution is 7.91. The molecule has 2 aromatic rings. The molecule has 0 aliphatic carbocycles. The molecule has 114 valence electrons. The van der Waals surface area contributed by atoms with Gasteiger partial charge in [-0.2, -0.15) is 0 Å². The molecule has 1 N–H and O–H groups in total. The zero-order chi connectivity index (χ0) is 15.5. The predicted octanol–water partition coefficient (Wildman–Crippen LogP) is 3.94. The fourth-order valence-electron chi connectivity index (χ4n) is 2.23. The van der Waals surface area contributed by atoms with Gasteiger partial charge in [-0.1, -0.05) is 19.1 Å². The van der Waals surface area contributed by atoms with E-state index in [1.54, 1.807) is 18.2 Å². The van der Waals surface area contributed by atoms with Crippen LogP contribution in [0.3, 0.4) is 0 Å². The molecule has 0 bridgehead atoms. The first kappa shape index (κ1) is 15.6. The SMILES string of the molecule is CCCS(=O)(=O)c1ccccc1NC(C)c1ccc(C)o1. The van der Waals surface area contributed by atoms with E-state index in [-0.39, 0.29) is 11.8 Å². The van der Waals surface area contributed by atoms with Gasteiger partial charge in [-0.3, -0.25) is 0 Å². The van der Waals surface area contributed by atoms with E-state index in [0.717, 1.165) is 11.5 Å². The Balaban J connectivity index is 2.29. The number of rotatable bonds is 6. The van der Waals surface area contributed by atoms with E-state index >= 15 is 0 Å². The zero-order valence-corrected chi connectivity index (χ0v) is 13.4. The summed E-state index contributed by atoms with van der Waals surface area (Å²) in [5.41, 5.74) is 0.618. The highest BCUT2D eigenvalue weighted by atomic mass is 32.2. The minimum atomic E-state index is -3.26. The van der Waals surface area contributed by atoms with E-state index in [0.29, 0.717) is 17.0 Å². The second-order valence-electron chi connectivity index (χ2n) is 5.13. The van der Waals surface area contributed by atoms with Crippen LogP contribution in [0.5, 0.6) is 0 Å². The second-order valence-corrected chi connectivity index (χ2v) is 7.21. The second kappa shape index (κ2) is 6.35. The van der Waals surface area contributed by atoms with E-state index < -0.39 is 9.84 Å². The van der Waals surface area contributed by atoms with Crippen molar-refractivity contribution < 1.29 is 12.8 Å². The molecule has 4 nitrogen and oxygen atoms in total. The third-order valence-corrected chi connectivity index (χ3v) is 5.23. The Kier molecular flexibility index (Phi) is 4.73. The molecule has 21 heavy (non-hydrogen) atoms. The monoisotopic (exact) mass is 307 g/mol. The predicted molar refractivity (Wildman–Crippen MR) is 84.3 cm³/mol. The molecule has 0 radical (unpaired) electrons. The maximum atomic E-state index is 12.3. The third kappa shape index (κ3) is 3.67. The fourth-order valence-corrected chi connectivity index (χ4v) is 3.73. The van der Waals surface area contributed by atoms with Crippen molar-refractivity contribution in [2.45, 2.75) is 38.1 Å². The first-order valence-corrected chi connectivity index (χ1v) is 8.74. The number of anilines is 1. The Morgan fingerprint density at radius 3 is 2.52 bits per heavy atom. The summed E-state index contributed by atoms with van der Waals surface area (Å²) in [6, 6.07) is 10.7. The summed E-state index contributed by atoms with van der Waals surface area (Å²) < 4.78 is 30.2. The maximum Gasteiger partial charge on any atom is 0.180 e. The highest BCUT2D eigenvalue weighted by Gasteiger charge is 2.19. The van der Waals surface area contributed by atoms with Crippen molar-refractivity contribution in [3.63, 3.8) is 0 Å². The fraction of sp³-hybridized carbons (Fsp3) is 0.375. The van der Waals surface area contributed by atoms with E-state index in [1.807, 2.05) is 39.0 Å². The van der Waals surface area contributed by atoms with Gasteiger partial charge in [0, 0.05) is 0 Å². The van der Waals surface area contributed by atoms with Gasteiger partial charge in [0.15, 0.2) is 9.84 Å². The molecule has 2 rings (SSSR count). The highest BCUT2D eigenvalue weighted by Crippen LogP contribution is 2.27. The normalized spacial score (nSPS) is 13.1. The number of furan rings is 1. The van der Waals surface area contributed by atoms with Crippen LogP contribution < -0.4 is 5.32 Å². The van der Waals surface area contributed by atoms with Crippen molar-refractivity contribution in [1.82, 2.24) is 0 Å². The molecule has 1 unspecified atom stereocenters. The topological polar surface area (TPSA) is 59.3 Å². The summed E-state index contributed by atoms with van der Waals surface area (Å²) in [5, 5.41) is 3.23.